The van der Waals surface area contributed by atoms with Crippen LogP contribution in [-0.2, 0) is 6.67 Å². The molecule has 1 aromatic carbocycles. The topological polar surface area (TPSA) is 56.2 Å². The van der Waals surface area contributed by atoms with Crippen LogP contribution >= 0.6 is 12.2 Å². The molecule has 1 saturated heterocycles. The summed E-state index contributed by atoms with van der Waals surface area (Å²) < 4.78 is 4.74. The van der Waals surface area contributed by atoms with Crippen molar-refractivity contribution < 1.29 is 4.90 Å². The van der Waals surface area contributed by atoms with E-state index < -0.39 is 0 Å². The zero-order valence-corrected chi connectivity index (χ0v) is 16.5. The Hall–Kier alpha value is -2.58. The average Bonchev–Trinajstić information content (AvgIpc) is 2.97. The smallest absolute Gasteiger partial charge is 0.225 e. The molecule has 1 aliphatic heterocycles. The molecule has 0 aliphatic carbocycles. The van der Waals surface area contributed by atoms with Gasteiger partial charge in [-0.3, -0.25) is 4.57 Å². The number of anilines is 1. The van der Waals surface area contributed by atoms with Crippen molar-refractivity contribution in [1.29, 1.82) is 0 Å². The highest BCUT2D eigenvalue weighted by atomic mass is 32.1. The first kappa shape index (κ1) is 17.8. The molecule has 0 atom stereocenters. The average molecular weight is 383 g/mol. The molecule has 7 nitrogen and oxygen atoms in total. The molecule has 140 valence electrons. The Morgan fingerprint density at radius 3 is 2.37 bits per heavy atom. The van der Waals surface area contributed by atoms with Crippen molar-refractivity contribution >= 4 is 18.2 Å². The van der Waals surface area contributed by atoms with Crippen LogP contribution < -0.4 is 9.80 Å². The normalized spacial score (nSPS) is 15.3. The molecule has 8 heteroatoms. The van der Waals surface area contributed by atoms with E-state index in [4.69, 9.17) is 17.3 Å². The summed E-state index contributed by atoms with van der Waals surface area (Å²) in [4.78, 5) is 12.4. The molecule has 1 N–H and O–H groups in total. The highest BCUT2D eigenvalue weighted by molar-refractivity contribution is 7.71. The van der Waals surface area contributed by atoms with Gasteiger partial charge >= 0.3 is 0 Å². The number of rotatable bonds is 4. The summed E-state index contributed by atoms with van der Waals surface area (Å²) >= 11 is 5.72. The summed E-state index contributed by atoms with van der Waals surface area (Å²) in [6.45, 7) is 8.76. The molecule has 0 radical (unpaired) electrons. The lowest BCUT2D eigenvalue weighted by atomic mass is 10.2. The highest BCUT2D eigenvalue weighted by Crippen LogP contribution is 2.13. The molecule has 1 fully saturated rings. The predicted molar refractivity (Wildman–Crippen MR) is 107 cm³/mol. The number of piperazine rings is 1. The quantitative estimate of drug-likeness (QED) is 0.687. The first-order valence-corrected chi connectivity index (χ1v) is 9.62. The Labute approximate surface area is 163 Å². The van der Waals surface area contributed by atoms with Crippen molar-refractivity contribution in [3.05, 3.63) is 58.9 Å². The maximum absolute atomic E-state index is 5.72. The van der Waals surface area contributed by atoms with Crippen LogP contribution in [0, 0.1) is 18.6 Å². The second-order valence-corrected chi connectivity index (χ2v) is 7.31. The fourth-order valence-corrected chi connectivity index (χ4v) is 3.80. The van der Waals surface area contributed by atoms with Crippen molar-refractivity contribution in [1.82, 2.24) is 24.3 Å². The Morgan fingerprint density at radius 1 is 1.04 bits per heavy atom. The fourth-order valence-electron chi connectivity index (χ4n) is 3.46. The number of aromatic nitrogens is 5. The molecule has 3 heterocycles. The van der Waals surface area contributed by atoms with Gasteiger partial charge < -0.3 is 9.80 Å². The van der Waals surface area contributed by atoms with E-state index in [1.54, 1.807) is 12.4 Å². The van der Waals surface area contributed by atoms with E-state index in [-0.39, 0.29) is 0 Å². The maximum atomic E-state index is 5.72. The Bertz CT molecular complexity index is 954. The van der Waals surface area contributed by atoms with E-state index in [9.17, 15) is 0 Å². The monoisotopic (exact) mass is 382 g/mol. The lowest BCUT2D eigenvalue weighted by molar-refractivity contribution is -0.924. The van der Waals surface area contributed by atoms with Gasteiger partial charge in [-0.2, -0.15) is 9.78 Å². The van der Waals surface area contributed by atoms with Gasteiger partial charge in [-0.15, -0.1) is 0 Å². The molecular weight excluding hydrogens is 358 g/mol. The van der Waals surface area contributed by atoms with Crippen LogP contribution in [0.3, 0.4) is 0 Å². The lowest BCUT2D eigenvalue weighted by Gasteiger charge is -2.31. The van der Waals surface area contributed by atoms with Gasteiger partial charge in [0.2, 0.25) is 10.7 Å². The Morgan fingerprint density at radius 2 is 1.70 bits per heavy atom. The molecule has 0 saturated carbocycles. The minimum absolute atomic E-state index is 0.748. The number of aryl methyl sites for hydroxylation is 2. The minimum atomic E-state index is 0.748. The van der Waals surface area contributed by atoms with E-state index >= 15 is 0 Å². The molecule has 0 bridgehead atoms. The van der Waals surface area contributed by atoms with Crippen molar-refractivity contribution in [2.75, 3.05) is 31.1 Å². The lowest BCUT2D eigenvalue weighted by Crippen LogP contribution is -3.14. The molecule has 1 aliphatic rings. The van der Waals surface area contributed by atoms with Gasteiger partial charge in [-0.25, -0.2) is 9.97 Å². The molecule has 2 aromatic heterocycles. The van der Waals surface area contributed by atoms with E-state index in [1.807, 2.05) is 22.2 Å². The summed E-state index contributed by atoms with van der Waals surface area (Å²) in [5, 5.41) is 4.70. The Kier molecular flexibility index (Phi) is 5.00. The maximum Gasteiger partial charge on any atom is 0.225 e. The summed E-state index contributed by atoms with van der Waals surface area (Å²) in [6.07, 6.45) is 3.59. The van der Waals surface area contributed by atoms with Gasteiger partial charge in [-0.05, 0) is 44.3 Å². The zero-order valence-electron chi connectivity index (χ0n) is 15.7. The summed E-state index contributed by atoms with van der Waals surface area (Å²) in [6, 6.07) is 10.2. The van der Waals surface area contributed by atoms with Crippen molar-refractivity contribution in [3.8, 4) is 5.69 Å². The Balaban J connectivity index is 1.46. The third kappa shape index (κ3) is 3.77. The third-order valence-electron chi connectivity index (χ3n) is 4.97. The standard InChI is InChI=1S/C19H23N7S/c1-15-4-6-17(7-5-15)26-16(2)22-25(19(26)27)14-23-10-12-24(13-11-23)18-20-8-3-9-21-18/h3-9H,10-14H2,1-2H3/p+1. The van der Waals surface area contributed by atoms with Gasteiger partial charge in [0.1, 0.15) is 5.82 Å². The first-order valence-electron chi connectivity index (χ1n) is 9.21. The molecular formula is C19H24N7S+. The second kappa shape index (κ2) is 7.58. The number of nitrogens with one attached hydrogen (secondary N) is 1. The van der Waals surface area contributed by atoms with Crippen LogP contribution in [-0.4, -0.2) is 50.5 Å². The highest BCUT2D eigenvalue weighted by Gasteiger charge is 2.23. The summed E-state index contributed by atoms with van der Waals surface area (Å²) in [7, 11) is 0. The number of benzene rings is 1. The third-order valence-corrected chi connectivity index (χ3v) is 5.37. The van der Waals surface area contributed by atoms with Crippen LogP contribution in [0.2, 0.25) is 0 Å². The molecule has 4 rings (SSSR count). The van der Waals surface area contributed by atoms with Crippen molar-refractivity contribution in [2.24, 2.45) is 0 Å². The zero-order chi connectivity index (χ0) is 18.8. The van der Waals surface area contributed by atoms with Gasteiger partial charge in [0.15, 0.2) is 6.67 Å². The number of quaternary nitrogens is 1. The molecule has 0 unspecified atom stereocenters. The molecule has 0 amide bonds. The number of hydrogen-bond donors (Lipinski definition) is 1. The first-order chi connectivity index (χ1) is 13.1. The van der Waals surface area contributed by atoms with E-state index in [0.29, 0.717) is 0 Å². The second-order valence-electron chi connectivity index (χ2n) is 6.94. The fraction of sp³-hybridized carbons (Fsp3) is 0.368. The van der Waals surface area contributed by atoms with E-state index in [1.165, 1.54) is 10.5 Å². The van der Waals surface area contributed by atoms with Gasteiger partial charge in [-0.1, -0.05) is 17.7 Å². The summed E-state index contributed by atoms with van der Waals surface area (Å²) in [5.74, 6) is 1.73. The molecule has 27 heavy (non-hydrogen) atoms. The van der Waals surface area contributed by atoms with Crippen LogP contribution in [0.5, 0.6) is 0 Å². The SMILES string of the molecule is Cc1ccc(-n2c(C)nn(C[NH+]3CCN(c4ncccn4)CC3)c2=S)cc1. The van der Waals surface area contributed by atoms with Crippen LogP contribution in [0.4, 0.5) is 5.95 Å². The van der Waals surface area contributed by atoms with Gasteiger partial charge in [0.05, 0.1) is 26.2 Å². The molecule has 3 aromatic rings. The minimum Gasteiger partial charge on any atom is -0.330 e. The van der Waals surface area contributed by atoms with Crippen molar-refractivity contribution in [2.45, 2.75) is 20.5 Å². The predicted octanol–water partition coefficient (Wildman–Crippen LogP) is 1.17. The molecule has 0 spiro atoms. The summed E-state index contributed by atoms with van der Waals surface area (Å²) in [5.41, 5.74) is 2.30. The van der Waals surface area contributed by atoms with Crippen molar-refractivity contribution in [3.63, 3.8) is 0 Å². The van der Waals surface area contributed by atoms with Gasteiger partial charge in [0, 0.05) is 18.1 Å². The number of hydrogen-bond acceptors (Lipinski definition) is 5. The van der Waals surface area contributed by atoms with Crippen LogP contribution in [0.1, 0.15) is 11.4 Å². The number of nitrogens with zero attached hydrogens (tertiary/aromatic N) is 6. The largest absolute Gasteiger partial charge is 0.330 e. The van der Waals surface area contributed by atoms with E-state index in [0.717, 1.165) is 55.1 Å². The van der Waals surface area contributed by atoms with Crippen LogP contribution in [0.25, 0.3) is 5.69 Å². The van der Waals surface area contributed by atoms with Crippen LogP contribution in [0.15, 0.2) is 42.7 Å². The van der Waals surface area contributed by atoms with Gasteiger partial charge in [0.25, 0.3) is 0 Å². The van der Waals surface area contributed by atoms with E-state index in [2.05, 4.69) is 46.1 Å².